The summed E-state index contributed by atoms with van der Waals surface area (Å²) in [6.45, 7) is 0. The molecule has 0 atom stereocenters. The fraction of sp³-hybridized carbons (Fsp3) is 0. The van der Waals surface area contributed by atoms with Crippen LogP contribution in [0.2, 0.25) is 5.22 Å². The molecule has 20 heavy (non-hydrogen) atoms. The molecule has 5 nitrogen and oxygen atoms in total. The first-order valence-corrected chi connectivity index (χ1v) is 6.08. The van der Waals surface area contributed by atoms with Crippen molar-refractivity contribution in [1.29, 1.82) is 0 Å². The van der Waals surface area contributed by atoms with Gasteiger partial charge in [0.15, 0.2) is 22.4 Å². The number of hydrogen-bond donors (Lipinski definition) is 1. The molecule has 1 aromatic carbocycles. The molecular formula is C14H8ClNO4. The molecule has 6 heteroatoms. The van der Waals surface area contributed by atoms with Crippen LogP contribution < -0.4 is 0 Å². The Morgan fingerprint density at radius 1 is 1.15 bits per heavy atom. The number of nitrogens with zero attached hydrogens (tertiary/aromatic N) is 1. The number of carboxylic acid groups (broad SMARTS) is 1. The SMILES string of the molecule is O=C(O)c1c(-c2ccc(Cl)o2)noc1-c1ccccc1. The molecule has 0 aliphatic carbocycles. The smallest absolute Gasteiger partial charge is 0.342 e. The van der Waals surface area contributed by atoms with Crippen LogP contribution in [0.5, 0.6) is 0 Å². The molecule has 0 amide bonds. The monoisotopic (exact) mass is 289 g/mol. The summed E-state index contributed by atoms with van der Waals surface area (Å²) in [5.74, 6) is -0.716. The quantitative estimate of drug-likeness (QED) is 0.790. The highest BCUT2D eigenvalue weighted by atomic mass is 35.5. The Kier molecular flexibility index (Phi) is 3.04. The van der Waals surface area contributed by atoms with Gasteiger partial charge in [0.1, 0.15) is 5.56 Å². The number of carbonyl (C=O) groups is 1. The van der Waals surface area contributed by atoms with E-state index in [4.69, 9.17) is 20.5 Å². The number of halogens is 1. The average Bonchev–Trinajstić information content (AvgIpc) is 3.05. The molecule has 1 N–H and O–H groups in total. The molecule has 3 rings (SSSR count). The Labute approximate surface area is 118 Å². The van der Waals surface area contributed by atoms with Gasteiger partial charge in [-0.1, -0.05) is 35.5 Å². The minimum absolute atomic E-state index is 0.0535. The lowest BCUT2D eigenvalue weighted by Gasteiger charge is -1.97. The average molecular weight is 290 g/mol. The van der Waals surface area contributed by atoms with Gasteiger partial charge in [0.05, 0.1) is 0 Å². The van der Waals surface area contributed by atoms with E-state index in [-0.39, 0.29) is 28.0 Å². The van der Waals surface area contributed by atoms with Crippen LogP contribution in [-0.2, 0) is 0 Å². The van der Waals surface area contributed by atoms with Crippen molar-refractivity contribution in [2.24, 2.45) is 0 Å². The standard InChI is InChI=1S/C14H8ClNO4/c15-10-7-6-9(19-10)12-11(14(17)18)13(20-16-12)8-4-2-1-3-5-8/h1-7H,(H,17,18). The summed E-state index contributed by atoms with van der Waals surface area (Å²) in [6.07, 6.45) is 0. The van der Waals surface area contributed by atoms with Crippen LogP contribution in [0.15, 0.2) is 51.4 Å². The highest BCUT2D eigenvalue weighted by Gasteiger charge is 2.26. The molecule has 0 aliphatic rings. The maximum absolute atomic E-state index is 11.5. The molecule has 0 aliphatic heterocycles. The lowest BCUT2D eigenvalue weighted by Crippen LogP contribution is -1.99. The third-order valence-electron chi connectivity index (χ3n) is 2.75. The molecule has 0 unspecified atom stereocenters. The highest BCUT2D eigenvalue weighted by molar-refractivity contribution is 6.29. The highest BCUT2D eigenvalue weighted by Crippen LogP contribution is 2.33. The van der Waals surface area contributed by atoms with Crippen molar-refractivity contribution in [1.82, 2.24) is 5.16 Å². The van der Waals surface area contributed by atoms with Crippen molar-refractivity contribution in [3.63, 3.8) is 0 Å². The van der Waals surface area contributed by atoms with Gasteiger partial charge in [-0.2, -0.15) is 0 Å². The van der Waals surface area contributed by atoms with Crippen molar-refractivity contribution < 1.29 is 18.8 Å². The van der Waals surface area contributed by atoms with E-state index in [9.17, 15) is 9.90 Å². The topological polar surface area (TPSA) is 76.5 Å². The molecule has 3 aromatic rings. The zero-order valence-corrected chi connectivity index (χ0v) is 10.8. The normalized spacial score (nSPS) is 10.7. The van der Waals surface area contributed by atoms with Crippen molar-refractivity contribution in [3.8, 4) is 22.8 Å². The van der Waals surface area contributed by atoms with Crippen molar-refractivity contribution in [3.05, 3.63) is 53.2 Å². The molecule has 0 fully saturated rings. The zero-order valence-electron chi connectivity index (χ0n) is 10.0. The molecular weight excluding hydrogens is 282 g/mol. The molecule has 0 bridgehead atoms. The molecule has 0 radical (unpaired) electrons. The van der Waals surface area contributed by atoms with Crippen molar-refractivity contribution in [2.75, 3.05) is 0 Å². The summed E-state index contributed by atoms with van der Waals surface area (Å²) in [6, 6.07) is 11.9. The van der Waals surface area contributed by atoms with Gasteiger partial charge in [0.25, 0.3) is 0 Å². The predicted octanol–water partition coefficient (Wildman–Crippen LogP) is 3.95. The Bertz CT molecular complexity index is 761. The molecule has 0 saturated carbocycles. The van der Waals surface area contributed by atoms with Crippen LogP contribution in [0.4, 0.5) is 0 Å². The number of hydrogen-bond acceptors (Lipinski definition) is 4. The molecule has 2 aromatic heterocycles. The Morgan fingerprint density at radius 3 is 2.50 bits per heavy atom. The van der Waals surface area contributed by atoms with Crippen molar-refractivity contribution in [2.45, 2.75) is 0 Å². The third kappa shape index (κ3) is 2.08. The summed E-state index contributed by atoms with van der Waals surface area (Å²) < 4.78 is 10.4. The summed E-state index contributed by atoms with van der Waals surface area (Å²) in [7, 11) is 0. The first-order chi connectivity index (χ1) is 9.66. The van der Waals surface area contributed by atoms with Crippen molar-refractivity contribution >= 4 is 17.6 Å². The molecule has 100 valence electrons. The van der Waals surface area contributed by atoms with Crippen LogP contribution >= 0.6 is 11.6 Å². The van der Waals surface area contributed by atoms with Gasteiger partial charge < -0.3 is 14.0 Å². The van der Waals surface area contributed by atoms with E-state index in [1.807, 2.05) is 6.07 Å². The van der Waals surface area contributed by atoms with Gasteiger partial charge in [-0.15, -0.1) is 0 Å². The van der Waals surface area contributed by atoms with Crippen LogP contribution in [0.1, 0.15) is 10.4 Å². The summed E-state index contributed by atoms with van der Waals surface area (Å²) in [5.41, 5.74) is 0.687. The lowest BCUT2D eigenvalue weighted by molar-refractivity contribution is 0.0698. The van der Waals surface area contributed by atoms with E-state index in [0.29, 0.717) is 5.56 Å². The van der Waals surface area contributed by atoms with E-state index in [0.717, 1.165) is 0 Å². The second-order valence-electron chi connectivity index (χ2n) is 4.01. The fourth-order valence-corrected chi connectivity index (χ4v) is 2.03. The van der Waals surface area contributed by atoms with Gasteiger partial charge in [-0.25, -0.2) is 4.79 Å². The Morgan fingerprint density at radius 2 is 1.90 bits per heavy atom. The van der Waals surface area contributed by atoms with E-state index in [1.54, 1.807) is 30.3 Å². The predicted molar refractivity (Wildman–Crippen MR) is 71.6 cm³/mol. The van der Waals surface area contributed by atoms with E-state index in [2.05, 4.69) is 5.16 Å². The Hall–Kier alpha value is -2.53. The van der Waals surface area contributed by atoms with E-state index < -0.39 is 5.97 Å². The van der Waals surface area contributed by atoms with Gasteiger partial charge in [-0.3, -0.25) is 0 Å². The van der Waals surface area contributed by atoms with Crippen LogP contribution in [0.3, 0.4) is 0 Å². The molecule has 0 spiro atoms. The summed E-state index contributed by atoms with van der Waals surface area (Å²) in [5, 5.41) is 13.3. The summed E-state index contributed by atoms with van der Waals surface area (Å²) in [4.78, 5) is 11.5. The lowest BCUT2D eigenvalue weighted by atomic mass is 10.1. The number of benzene rings is 1. The van der Waals surface area contributed by atoms with Crippen LogP contribution in [-0.4, -0.2) is 16.2 Å². The van der Waals surface area contributed by atoms with E-state index in [1.165, 1.54) is 6.07 Å². The third-order valence-corrected chi connectivity index (χ3v) is 2.95. The second kappa shape index (κ2) is 4.86. The van der Waals surface area contributed by atoms with Gasteiger partial charge in [0.2, 0.25) is 0 Å². The van der Waals surface area contributed by atoms with E-state index >= 15 is 0 Å². The summed E-state index contributed by atoms with van der Waals surface area (Å²) >= 11 is 5.69. The maximum Gasteiger partial charge on any atom is 0.342 e. The van der Waals surface area contributed by atoms with Crippen LogP contribution in [0.25, 0.3) is 22.8 Å². The number of carboxylic acids is 1. The molecule has 2 heterocycles. The number of aromatic nitrogens is 1. The largest absolute Gasteiger partial charge is 0.477 e. The van der Waals surface area contributed by atoms with Crippen LogP contribution in [0, 0.1) is 0 Å². The number of aromatic carboxylic acids is 1. The van der Waals surface area contributed by atoms with Gasteiger partial charge >= 0.3 is 5.97 Å². The first-order valence-electron chi connectivity index (χ1n) is 5.71. The minimum atomic E-state index is -1.15. The zero-order chi connectivity index (χ0) is 14.1. The minimum Gasteiger partial charge on any atom is -0.477 e. The maximum atomic E-state index is 11.5. The second-order valence-corrected chi connectivity index (χ2v) is 4.38. The van der Waals surface area contributed by atoms with Gasteiger partial charge in [-0.05, 0) is 23.7 Å². The number of furan rings is 1. The molecule has 0 saturated heterocycles. The fourth-order valence-electron chi connectivity index (χ4n) is 1.88. The Balaban J connectivity index is 2.19. The van der Waals surface area contributed by atoms with Gasteiger partial charge in [0, 0.05) is 5.56 Å². The first kappa shape index (κ1) is 12.5. The number of rotatable bonds is 3.